The van der Waals surface area contributed by atoms with Crippen LogP contribution < -0.4 is 15.2 Å². The van der Waals surface area contributed by atoms with Crippen LogP contribution in [-0.4, -0.2) is 31.9 Å². The summed E-state index contributed by atoms with van der Waals surface area (Å²) >= 11 is -1.22. The first kappa shape index (κ1) is 23.1. The summed E-state index contributed by atoms with van der Waals surface area (Å²) in [7, 11) is 1.81. The second-order valence-corrected chi connectivity index (χ2v) is 12.4. The average molecular weight is 433 g/mol. The van der Waals surface area contributed by atoms with Crippen LogP contribution in [0.15, 0.2) is 16.9 Å². The maximum atomic E-state index is 13.2. The van der Waals surface area contributed by atoms with Crippen molar-refractivity contribution in [3.63, 3.8) is 0 Å². The summed E-state index contributed by atoms with van der Waals surface area (Å²) in [4.78, 5) is 20.5. The topological polar surface area (TPSA) is 73.2 Å². The first-order chi connectivity index (χ1) is 13.8. The lowest BCUT2D eigenvalue weighted by Crippen LogP contribution is -2.41. The van der Waals surface area contributed by atoms with Crippen LogP contribution >= 0.6 is 0 Å². The van der Waals surface area contributed by atoms with Crippen LogP contribution in [-0.2, 0) is 18.4 Å². The molecule has 2 unspecified atom stereocenters. The van der Waals surface area contributed by atoms with E-state index in [9.17, 15) is 9.35 Å². The van der Waals surface area contributed by atoms with Gasteiger partial charge < -0.3 is 9.45 Å². The van der Waals surface area contributed by atoms with Gasteiger partial charge in [0.25, 0.3) is 5.56 Å². The van der Waals surface area contributed by atoms with E-state index in [4.69, 9.17) is 4.98 Å². The third kappa shape index (κ3) is 4.68. The molecule has 1 fully saturated rings. The van der Waals surface area contributed by atoms with E-state index in [1.54, 1.807) is 4.57 Å². The molecule has 1 N–H and O–H groups in total. The number of rotatable bonds is 4. The van der Waals surface area contributed by atoms with Crippen LogP contribution in [0.3, 0.4) is 0 Å². The molecule has 30 heavy (non-hydrogen) atoms. The van der Waals surface area contributed by atoms with Gasteiger partial charge in [0.05, 0.1) is 16.9 Å². The molecule has 2 atom stereocenters. The molecule has 3 rings (SSSR count). The molecule has 0 spiro atoms. The number of aromatic nitrogens is 2. The molecule has 0 aliphatic carbocycles. The van der Waals surface area contributed by atoms with Gasteiger partial charge in [-0.15, -0.1) is 4.72 Å². The summed E-state index contributed by atoms with van der Waals surface area (Å²) in [6.45, 7) is 16.2. The molecule has 1 aliphatic heterocycles. The summed E-state index contributed by atoms with van der Waals surface area (Å²) in [5.74, 6) is 0.720. The van der Waals surface area contributed by atoms with E-state index in [1.165, 1.54) is 0 Å². The van der Waals surface area contributed by atoms with Crippen molar-refractivity contribution in [2.75, 3.05) is 18.0 Å². The first-order valence-corrected chi connectivity index (χ1v) is 11.9. The van der Waals surface area contributed by atoms with Gasteiger partial charge in [0.2, 0.25) is 5.95 Å². The average Bonchev–Trinajstić information content (AvgIpc) is 2.64. The predicted octanol–water partition coefficient (Wildman–Crippen LogP) is 3.98. The molecule has 0 bridgehead atoms. The van der Waals surface area contributed by atoms with Crippen LogP contribution in [0, 0.1) is 12.3 Å². The molecule has 1 aromatic heterocycles. The second kappa shape index (κ2) is 8.17. The van der Waals surface area contributed by atoms with Gasteiger partial charge in [0.15, 0.2) is 0 Å². The van der Waals surface area contributed by atoms with Crippen molar-refractivity contribution in [2.24, 2.45) is 12.5 Å². The number of aryl methyl sites for hydroxylation is 1. The molecule has 7 heteroatoms. The highest BCUT2D eigenvalue weighted by atomic mass is 32.2. The quantitative estimate of drug-likeness (QED) is 0.740. The van der Waals surface area contributed by atoms with Gasteiger partial charge in [-0.1, -0.05) is 19.9 Å². The number of fused-ring (bicyclic) bond motifs is 1. The van der Waals surface area contributed by atoms with E-state index < -0.39 is 11.4 Å². The van der Waals surface area contributed by atoms with Crippen molar-refractivity contribution < 1.29 is 4.55 Å². The van der Waals surface area contributed by atoms with Gasteiger partial charge in [-0.25, -0.2) is 4.98 Å². The molecule has 0 saturated carbocycles. The molecular weight excluding hydrogens is 396 g/mol. The van der Waals surface area contributed by atoms with Gasteiger partial charge in [-0.05, 0) is 64.5 Å². The summed E-state index contributed by atoms with van der Waals surface area (Å²) in [6, 6.07) is 3.76. The van der Waals surface area contributed by atoms with Crippen LogP contribution in [0.4, 0.5) is 5.95 Å². The number of piperidine rings is 1. The molecule has 0 amide bonds. The SMILES string of the molecule is Cc1cc(C(C)N[S+]([O-])C(C)(C)C)c2nc(N3CCC(C)(C)CC3)n(C)c(=O)c2c1. The van der Waals surface area contributed by atoms with Crippen molar-refractivity contribution in [2.45, 2.75) is 72.1 Å². The molecule has 6 nitrogen and oxygen atoms in total. The number of anilines is 1. The van der Waals surface area contributed by atoms with Crippen molar-refractivity contribution in [1.29, 1.82) is 0 Å². The third-order valence-corrected chi connectivity index (χ3v) is 7.72. The molecule has 2 aromatic rings. The van der Waals surface area contributed by atoms with Crippen LogP contribution in [0.2, 0.25) is 0 Å². The van der Waals surface area contributed by atoms with Gasteiger partial charge in [0.1, 0.15) is 4.75 Å². The molecule has 166 valence electrons. The third-order valence-electron chi connectivity index (χ3n) is 6.04. The van der Waals surface area contributed by atoms with Crippen LogP contribution in [0.5, 0.6) is 0 Å². The summed E-state index contributed by atoms with van der Waals surface area (Å²) in [6.07, 6.45) is 2.15. The van der Waals surface area contributed by atoms with E-state index >= 15 is 0 Å². The van der Waals surface area contributed by atoms with Gasteiger partial charge in [-0.3, -0.25) is 9.36 Å². The lowest BCUT2D eigenvalue weighted by atomic mass is 9.83. The normalized spacial score (nSPS) is 19.2. The smallest absolute Gasteiger partial charge is 0.262 e. The summed E-state index contributed by atoms with van der Waals surface area (Å²) in [5.41, 5.74) is 2.91. The van der Waals surface area contributed by atoms with Gasteiger partial charge in [0, 0.05) is 37.1 Å². The Balaban J connectivity index is 2.08. The monoisotopic (exact) mass is 432 g/mol. The highest BCUT2D eigenvalue weighted by Crippen LogP contribution is 2.32. The Hall–Kier alpha value is -1.57. The zero-order valence-corrected chi connectivity index (χ0v) is 20.4. The molecule has 2 heterocycles. The molecule has 0 radical (unpaired) electrons. The Morgan fingerprint density at radius 1 is 1.23 bits per heavy atom. The summed E-state index contributed by atoms with van der Waals surface area (Å²) < 4.78 is 17.2. The lowest BCUT2D eigenvalue weighted by molar-refractivity contribution is 0.277. The molecule has 1 aliphatic rings. The number of nitrogens with one attached hydrogen (secondary N) is 1. The van der Waals surface area contributed by atoms with E-state index in [0.717, 1.165) is 43.0 Å². The number of nitrogens with zero attached hydrogens (tertiary/aromatic N) is 3. The fourth-order valence-electron chi connectivity index (χ4n) is 3.87. The van der Waals surface area contributed by atoms with Crippen molar-refractivity contribution in [3.8, 4) is 0 Å². The minimum atomic E-state index is -1.22. The van der Waals surface area contributed by atoms with E-state index in [0.29, 0.717) is 16.3 Å². The minimum absolute atomic E-state index is 0.0334. The Kier molecular flexibility index (Phi) is 6.29. The fourth-order valence-corrected chi connectivity index (χ4v) is 4.67. The lowest BCUT2D eigenvalue weighted by Gasteiger charge is -2.38. The zero-order valence-electron chi connectivity index (χ0n) is 19.6. The van der Waals surface area contributed by atoms with Crippen LogP contribution in [0.25, 0.3) is 10.9 Å². The molecule has 1 saturated heterocycles. The highest BCUT2D eigenvalue weighted by Gasteiger charge is 2.30. The van der Waals surface area contributed by atoms with E-state index in [2.05, 4.69) is 29.5 Å². The van der Waals surface area contributed by atoms with E-state index in [1.807, 2.05) is 47.7 Å². The Labute approximate surface area is 183 Å². The van der Waals surface area contributed by atoms with Crippen LogP contribution in [0.1, 0.15) is 71.6 Å². The number of benzene rings is 1. The van der Waals surface area contributed by atoms with Gasteiger partial charge >= 0.3 is 0 Å². The maximum Gasteiger partial charge on any atom is 0.262 e. The second-order valence-electron chi connectivity index (χ2n) is 10.4. The molecular formula is C23H36N4O2S. The number of hydrogen-bond donors (Lipinski definition) is 1. The first-order valence-electron chi connectivity index (χ1n) is 10.7. The highest BCUT2D eigenvalue weighted by molar-refractivity contribution is 7.90. The maximum absolute atomic E-state index is 13.2. The Bertz CT molecular complexity index is 983. The largest absolute Gasteiger partial charge is 0.598 e. The summed E-state index contributed by atoms with van der Waals surface area (Å²) in [5, 5.41) is 0.615. The standard InChI is InChI=1S/C23H36N4O2S/c1-15-13-17(16(2)25-30(29)22(3,4)5)19-18(14-15)20(28)26(8)21(24-19)27-11-9-23(6,7)10-12-27/h13-14,16,25H,9-12H2,1-8H3. The van der Waals surface area contributed by atoms with E-state index in [-0.39, 0.29) is 16.3 Å². The predicted molar refractivity (Wildman–Crippen MR) is 126 cm³/mol. The number of hydrogen-bond acceptors (Lipinski definition) is 5. The van der Waals surface area contributed by atoms with Gasteiger partial charge in [-0.2, -0.15) is 0 Å². The Morgan fingerprint density at radius 2 is 1.83 bits per heavy atom. The van der Waals surface area contributed by atoms with Crippen molar-refractivity contribution in [3.05, 3.63) is 33.6 Å². The van der Waals surface area contributed by atoms with Crippen molar-refractivity contribution in [1.82, 2.24) is 14.3 Å². The van der Waals surface area contributed by atoms with Crippen molar-refractivity contribution >= 4 is 28.2 Å². The molecule has 1 aromatic carbocycles. The fraction of sp³-hybridized carbons (Fsp3) is 0.652. The minimum Gasteiger partial charge on any atom is -0.598 e. The zero-order chi connectivity index (χ0) is 22.4. The Morgan fingerprint density at radius 3 is 2.40 bits per heavy atom.